The smallest absolute Gasteiger partial charge is 0.184 e. The summed E-state index contributed by atoms with van der Waals surface area (Å²) >= 11 is 0. The van der Waals surface area contributed by atoms with Gasteiger partial charge >= 0.3 is 0 Å². The maximum Gasteiger partial charge on any atom is 0.184 e. The molecule has 6 heteroatoms. The van der Waals surface area contributed by atoms with Crippen LogP contribution in [0.15, 0.2) is 36.5 Å². The molecule has 2 aliphatic rings. The molecule has 0 aliphatic carbocycles. The summed E-state index contributed by atoms with van der Waals surface area (Å²) in [6.07, 6.45) is 5.98. The molecule has 3 heterocycles. The summed E-state index contributed by atoms with van der Waals surface area (Å²) in [6, 6.07) is 10.2. The number of carbonyl (C=O) groups excluding carboxylic acids is 1. The molecule has 0 radical (unpaired) electrons. The number of ether oxygens (including phenoxy) is 2. The van der Waals surface area contributed by atoms with Gasteiger partial charge in [-0.3, -0.25) is 0 Å². The van der Waals surface area contributed by atoms with Crippen molar-refractivity contribution in [3.8, 4) is 11.5 Å². The van der Waals surface area contributed by atoms with E-state index in [4.69, 9.17) is 9.47 Å². The van der Waals surface area contributed by atoms with Crippen LogP contribution in [-0.2, 0) is 4.79 Å². The van der Waals surface area contributed by atoms with Crippen molar-refractivity contribution in [2.24, 2.45) is 0 Å². The quantitative estimate of drug-likeness (QED) is 0.626. The average Bonchev–Trinajstić information content (AvgIpc) is 3.45. The summed E-state index contributed by atoms with van der Waals surface area (Å²) in [7, 11) is 1.73. The Kier molecular flexibility index (Phi) is 6.64. The van der Waals surface area contributed by atoms with E-state index < -0.39 is 0 Å². The first-order valence-electron chi connectivity index (χ1n) is 11.3. The molecule has 0 amide bonds. The van der Waals surface area contributed by atoms with Gasteiger partial charge < -0.3 is 24.1 Å². The lowest BCUT2D eigenvalue weighted by Gasteiger charge is -2.25. The number of carbonyl (C=O) groups is 1. The van der Waals surface area contributed by atoms with Crippen molar-refractivity contribution >= 4 is 17.3 Å². The first-order chi connectivity index (χ1) is 15.0. The van der Waals surface area contributed by atoms with E-state index in [-0.39, 0.29) is 17.8 Å². The van der Waals surface area contributed by atoms with Crippen molar-refractivity contribution in [3.63, 3.8) is 0 Å². The van der Waals surface area contributed by atoms with Gasteiger partial charge in [0.15, 0.2) is 11.6 Å². The number of rotatable bonds is 8. The third-order valence-corrected chi connectivity index (χ3v) is 6.31. The molecule has 2 aliphatic heterocycles. The van der Waals surface area contributed by atoms with Crippen LogP contribution < -0.4 is 19.3 Å². The van der Waals surface area contributed by atoms with E-state index in [1.165, 1.54) is 18.4 Å². The molecule has 0 unspecified atom stereocenters. The molecular weight excluding hydrogens is 390 g/mol. The van der Waals surface area contributed by atoms with Gasteiger partial charge in [0.05, 0.1) is 19.3 Å². The van der Waals surface area contributed by atoms with Crippen LogP contribution in [0.4, 0.5) is 11.5 Å². The molecule has 0 spiro atoms. The molecular formula is C25H33N3O3. The number of methoxy groups -OCH3 is 1. The number of Topliss-reactive ketones (excluding diaryl/α,β-unsaturated/α-hetero) is 1. The number of pyridine rings is 1. The molecule has 0 N–H and O–H groups in total. The first kappa shape index (κ1) is 21.5. The van der Waals surface area contributed by atoms with Crippen LogP contribution in [0.2, 0.25) is 0 Å². The largest absolute Gasteiger partial charge is 0.491 e. The predicted molar refractivity (Wildman–Crippen MR) is 124 cm³/mol. The number of ketones is 1. The first-order valence-corrected chi connectivity index (χ1v) is 11.3. The zero-order chi connectivity index (χ0) is 21.8. The summed E-state index contributed by atoms with van der Waals surface area (Å²) in [6.45, 7) is 7.57. The molecule has 0 saturated carbocycles. The Balaban J connectivity index is 1.41. The second-order valence-electron chi connectivity index (χ2n) is 8.73. The summed E-state index contributed by atoms with van der Waals surface area (Å²) < 4.78 is 12.1. The van der Waals surface area contributed by atoms with Crippen LogP contribution >= 0.6 is 0 Å². The topological polar surface area (TPSA) is 54.9 Å². The standard InChI is InChI=1S/C25H33N3O3/c1-18(16-19(2)29)20-6-8-21(9-7-20)31-22-11-15-28(17-22)23-10-12-26-25(24(23)30-3)27-13-4-5-14-27/h6-10,12,18,22H,4-5,11,13-17H2,1-3H3/t18-,22-/m1/s1. The van der Waals surface area contributed by atoms with Crippen molar-refractivity contribution < 1.29 is 14.3 Å². The molecule has 166 valence electrons. The highest BCUT2D eigenvalue weighted by molar-refractivity contribution is 5.76. The predicted octanol–water partition coefficient (Wildman–Crippen LogP) is 4.43. The van der Waals surface area contributed by atoms with Crippen LogP contribution in [0.5, 0.6) is 11.5 Å². The Morgan fingerprint density at radius 2 is 1.87 bits per heavy atom. The maximum atomic E-state index is 11.4. The van der Waals surface area contributed by atoms with Gasteiger partial charge in [0, 0.05) is 38.7 Å². The van der Waals surface area contributed by atoms with Gasteiger partial charge in [-0.25, -0.2) is 4.98 Å². The highest BCUT2D eigenvalue weighted by Gasteiger charge is 2.29. The third-order valence-electron chi connectivity index (χ3n) is 6.31. The summed E-state index contributed by atoms with van der Waals surface area (Å²) in [5.74, 6) is 3.16. The van der Waals surface area contributed by atoms with Crippen LogP contribution in [0, 0.1) is 0 Å². The lowest BCUT2D eigenvalue weighted by atomic mass is 9.96. The molecule has 2 fully saturated rings. The van der Waals surface area contributed by atoms with E-state index in [1.54, 1.807) is 14.0 Å². The van der Waals surface area contributed by atoms with Crippen LogP contribution in [0.25, 0.3) is 0 Å². The summed E-state index contributed by atoms with van der Waals surface area (Å²) in [5.41, 5.74) is 2.27. The highest BCUT2D eigenvalue weighted by atomic mass is 16.5. The molecule has 1 aromatic carbocycles. The number of hydrogen-bond donors (Lipinski definition) is 0. The Labute approximate surface area is 185 Å². The number of nitrogens with zero attached hydrogens (tertiary/aromatic N) is 3. The fraction of sp³-hybridized carbons (Fsp3) is 0.520. The van der Waals surface area contributed by atoms with Crippen molar-refractivity contribution in [2.75, 3.05) is 43.1 Å². The number of benzene rings is 1. The third kappa shape index (κ3) is 4.94. The lowest BCUT2D eigenvalue weighted by molar-refractivity contribution is -0.117. The van der Waals surface area contributed by atoms with Gasteiger partial charge in [0.2, 0.25) is 0 Å². The number of anilines is 2. The fourth-order valence-electron chi connectivity index (χ4n) is 4.69. The lowest BCUT2D eigenvalue weighted by Crippen LogP contribution is -2.26. The van der Waals surface area contributed by atoms with Crippen LogP contribution in [-0.4, -0.2) is 50.2 Å². The van der Waals surface area contributed by atoms with Gasteiger partial charge in [-0.2, -0.15) is 0 Å². The van der Waals surface area contributed by atoms with Gasteiger partial charge in [-0.15, -0.1) is 0 Å². The van der Waals surface area contributed by atoms with Gasteiger partial charge in [0.25, 0.3) is 0 Å². The van der Waals surface area contributed by atoms with Gasteiger partial charge in [-0.05, 0) is 49.4 Å². The molecule has 31 heavy (non-hydrogen) atoms. The van der Waals surface area contributed by atoms with Crippen molar-refractivity contribution in [2.45, 2.75) is 51.6 Å². The summed E-state index contributed by atoms with van der Waals surface area (Å²) in [4.78, 5) is 20.6. The summed E-state index contributed by atoms with van der Waals surface area (Å²) in [5, 5.41) is 0. The molecule has 6 nitrogen and oxygen atoms in total. The average molecular weight is 424 g/mol. The van der Waals surface area contributed by atoms with E-state index in [9.17, 15) is 4.79 Å². The zero-order valence-corrected chi connectivity index (χ0v) is 18.8. The molecule has 2 aromatic rings. The fourth-order valence-corrected chi connectivity index (χ4v) is 4.69. The van der Waals surface area contributed by atoms with E-state index in [0.29, 0.717) is 6.42 Å². The van der Waals surface area contributed by atoms with Gasteiger partial charge in [0.1, 0.15) is 17.6 Å². The van der Waals surface area contributed by atoms with E-state index in [0.717, 1.165) is 55.6 Å². The number of aromatic nitrogens is 1. The van der Waals surface area contributed by atoms with Crippen molar-refractivity contribution in [1.82, 2.24) is 4.98 Å². The second kappa shape index (κ2) is 9.58. The molecule has 4 rings (SSSR count). The second-order valence-corrected chi connectivity index (χ2v) is 8.73. The van der Waals surface area contributed by atoms with Crippen LogP contribution in [0.3, 0.4) is 0 Å². The Bertz CT molecular complexity index is 893. The molecule has 2 saturated heterocycles. The normalized spacial score (nSPS) is 19.5. The Morgan fingerprint density at radius 3 is 2.55 bits per heavy atom. The van der Waals surface area contributed by atoms with Crippen molar-refractivity contribution in [1.29, 1.82) is 0 Å². The Hall–Kier alpha value is -2.76. The molecule has 2 atom stereocenters. The SMILES string of the molecule is COc1c(N2CC[C@@H](Oc3ccc([C@H](C)CC(C)=O)cc3)C2)ccnc1N1CCCC1. The highest BCUT2D eigenvalue weighted by Crippen LogP contribution is 2.39. The van der Waals surface area contributed by atoms with E-state index >= 15 is 0 Å². The minimum atomic E-state index is 0.133. The van der Waals surface area contributed by atoms with E-state index in [1.807, 2.05) is 24.4 Å². The molecule has 1 aromatic heterocycles. The Morgan fingerprint density at radius 1 is 1.13 bits per heavy atom. The van der Waals surface area contributed by atoms with Crippen LogP contribution in [0.1, 0.15) is 51.0 Å². The minimum Gasteiger partial charge on any atom is -0.491 e. The minimum absolute atomic E-state index is 0.133. The van der Waals surface area contributed by atoms with Crippen molar-refractivity contribution in [3.05, 3.63) is 42.1 Å². The zero-order valence-electron chi connectivity index (χ0n) is 18.8. The molecule has 0 bridgehead atoms. The monoisotopic (exact) mass is 423 g/mol. The van der Waals surface area contributed by atoms with E-state index in [2.05, 4.69) is 33.8 Å². The number of hydrogen-bond acceptors (Lipinski definition) is 6. The van der Waals surface area contributed by atoms with Gasteiger partial charge in [-0.1, -0.05) is 19.1 Å². The maximum absolute atomic E-state index is 11.4.